The smallest absolute Gasteiger partial charge is 0.248 e. The Morgan fingerprint density at radius 3 is 2.62 bits per heavy atom. The van der Waals surface area contributed by atoms with Gasteiger partial charge in [0.05, 0.1) is 5.70 Å². The number of carbonyl (C=O) groups excluding carboxylic acids is 3. The number of epoxide rings is 1. The lowest BCUT2D eigenvalue weighted by Crippen LogP contribution is -2.33. The second-order valence-corrected chi connectivity index (χ2v) is 5.16. The van der Waals surface area contributed by atoms with Crippen LogP contribution in [0.3, 0.4) is 0 Å². The highest BCUT2D eigenvalue weighted by atomic mass is 16.6. The number of ether oxygens (including phenoxy) is 1. The van der Waals surface area contributed by atoms with Crippen molar-refractivity contribution in [2.75, 3.05) is 0 Å². The fourth-order valence-corrected chi connectivity index (χ4v) is 1.81. The normalized spacial score (nSPS) is 25.0. The molecule has 1 heterocycles. The highest BCUT2D eigenvalue weighted by Gasteiger charge is 2.53. The molecule has 0 aromatic heterocycles. The SMILES string of the molecule is CC(C)/C=C/C=C/C=C/C(=O)NC1=CC(=O)[C@@H]2O[C@@H]2C1=O. The van der Waals surface area contributed by atoms with Gasteiger partial charge in [-0.3, -0.25) is 14.4 Å². The number of allylic oxidation sites excluding steroid dienone is 5. The molecule has 0 aromatic carbocycles. The van der Waals surface area contributed by atoms with E-state index < -0.39 is 18.1 Å². The summed E-state index contributed by atoms with van der Waals surface area (Å²) in [6.45, 7) is 4.13. The molecule has 1 amide bonds. The fourth-order valence-electron chi connectivity index (χ4n) is 1.81. The number of hydrogen-bond acceptors (Lipinski definition) is 4. The number of rotatable bonds is 5. The van der Waals surface area contributed by atoms with E-state index in [1.165, 1.54) is 6.08 Å². The average Bonchev–Trinajstić information content (AvgIpc) is 3.20. The van der Waals surface area contributed by atoms with E-state index in [1.807, 2.05) is 12.2 Å². The third-order valence-corrected chi connectivity index (χ3v) is 2.92. The molecular weight excluding hydrogens is 270 g/mol. The Labute approximate surface area is 123 Å². The molecule has 5 nitrogen and oxygen atoms in total. The molecule has 5 heteroatoms. The molecule has 2 atom stereocenters. The summed E-state index contributed by atoms with van der Waals surface area (Å²) in [7, 11) is 0. The first kappa shape index (κ1) is 15.1. The Hall–Kier alpha value is -2.27. The first-order valence-electron chi connectivity index (χ1n) is 6.77. The maximum Gasteiger partial charge on any atom is 0.248 e. The zero-order chi connectivity index (χ0) is 15.4. The van der Waals surface area contributed by atoms with Gasteiger partial charge in [0.15, 0.2) is 18.0 Å². The zero-order valence-corrected chi connectivity index (χ0v) is 11.9. The van der Waals surface area contributed by atoms with Crippen molar-refractivity contribution in [3.05, 3.63) is 48.2 Å². The van der Waals surface area contributed by atoms with Gasteiger partial charge in [-0.1, -0.05) is 44.2 Å². The van der Waals surface area contributed by atoms with E-state index in [4.69, 9.17) is 4.74 Å². The number of Topliss-reactive ketones (excluding diaryl/α,β-unsaturated/α-hetero) is 1. The predicted octanol–water partition coefficient (Wildman–Crippen LogP) is 1.23. The fraction of sp³-hybridized carbons (Fsp3) is 0.312. The summed E-state index contributed by atoms with van der Waals surface area (Å²) in [5, 5.41) is 2.40. The standard InChI is InChI=1S/C16H17NO4/c1-10(2)7-5-3-4-6-8-13(19)17-11-9-12(18)15-16(21-15)14(11)20/h3-10,15-16H,1-2H3,(H,17,19)/b4-3+,7-5+,8-6+/t15-,16+/m0/s1. The van der Waals surface area contributed by atoms with Gasteiger partial charge < -0.3 is 10.1 Å². The zero-order valence-electron chi connectivity index (χ0n) is 11.9. The molecule has 1 fully saturated rings. The molecule has 1 aliphatic heterocycles. The van der Waals surface area contributed by atoms with Crippen molar-refractivity contribution in [2.24, 2.45) is 5.92 Å². The summed E-state index contributed by atoms with van der Waals surface area (Å²) >= 11 is 0. The summed E-state index contributed by atoms with van der Waals surface area (Å²) in [5.74, 6) is -0.620. The molecule has 0 aromatic rings. The minimum atomic E-state index is -0.706. The molecule has 0 spiro atoms. The number of nitrogens with one attached hydrogen (secondary N) is 1. The van der Waals surface area contributed by atoms with Crippen molar-refractivity contribution in [1.82, 2.24) is 5.32 Å². The van der Waals surface area contributed by atoms with Crippen molar-refractivity contribution >= 4 is 17.5 Å². The summed E-state index contributed by atoms with van der Waals surface area (Å²) in [6, 6.07) is 0. The molecule has 21 heavy (non-hydrogen) atoms. The molecule has 0 unspecified atom stereocenters. The molecule has 2 rings (SSSR count). The van der Waals surface area contributed by atoms with Crippen molar-refractivity contribution < 1.29 is 19.1 Å². The second kappa shape index (κ2) is 6.45. The summed E-state index contributed by atoms with van der Waals surface area (Å²) in [5.41, 5.74) is -0.00270. The number of amides is 1. The van der Waals surface area contributed by atoms with Crippen molar-refractivity contribution in [2.45, 2.75) is 26.1 Å². The van der Waals surface area contributed by atoms with Gasteiger partial charge in [0.25, 0.3) is 0 Å². The molecule has 2 aliphatic rings. The van der Waals surface area contributed by atoms with Crippen LogP contribution >= 0.6 is 0 Å². The largest absolute Gasteiger partial charge is 0.352 e. The first-order valence-corrected chi connectivity index (χ1v) is 6.77. The lowest BCUT2D eigenvalue weighted by molar-refractivity contribution is -0.122. The Bertz CT molecular complexity index is 581. The van der Waals surface area contributed by atoms with Crippen LogP contribution in [0.25, 0.3) is 0 Å². The third-order valence-electron chi connectivity index (χ3n) is 2.92. The Balaban J connectivity index is 1.85. The average molecular weight is 287 g/mol. The summed E-state index contributed by atoms with van der Waals surface area (Å²) in [4.78, 5) is 34.8. The molecular formula is C16H17NO4. The van der Waals surface area contributed by atoms with E-state index in [0.29, 0.717) is 5.92 Å². The third kappa shape index (κ3) is 4.10. The molecule has 0 saturated carbocycles. The van der Waals surface area contributed by atoms with E-state index in [0.717, 1.165) is 6.08 Å². The van der Waals surface area contributed by atoms with Crippen LogP contribution in [0, 0.1) is 5.92 Å². The lowest BCUT2D eigenvalue weighted by atomic mass is 10.0. The Kier molecular flexibility index (Phi) is 4.65. The van der Waals surface area contributed by atoms with Gasteiger partial charge in [-0.05, 0) is 5.92 Å². The van der Waals surface area contributed by atoms with Gasteiger partial charge in [0.1, 0.15) is 0 Å². The highest BCUT2D eigenvalue weighted by Crippen LogP contribution is 2.30. The number of fused-ring (bicyclic) bond motifs is 1. The van der Waals surface area contributed by atoms with Gasteiger partial charge in [0, 0.05) is 12.2 Å². The van der Waals surface area contributed by atoms with E-state index in [2.05, 4.69) is 19.2 Å². The molecule has 1 aliphatic carbocycles. The van der Waals surface area contributed by atoms with Gasteiger partial charge in [0.2, 0.25) is 11.7 Å². The molecule has 0 radical (unpaired) electrons. The van der Waals surface area contributed by atoms with Gasteiger partial charge in [-0.15, -0.1) is 0 Å². The Morgan fingerprint density at radius 2 is 1.90 bits per heavy atom. The second-order valence-electron chi connectivity index (χ2n) is 5.16. The van der Waals surface area contributed by atoms with Crippen LogP contribution in [0.1, 0.15) is 13.8 Å². The molecule has 1 N–H and O–H groups in total. The highest BCUT2D eigenvalue weighted by molar-refractivity contribution is 6.17. The van der Waals surface area contributed by atoms with Crippen molar-refractivity contribution in [1.29, 1.82) is 0 Å². The van der Waals surface area contributed by atoms with Crippen LogP contribution in [0.4, 0.5) is 0 Å². The van der Waals surface area contributed by atoms with Crippen molar-refractivity contribution in [3.63, 3.8) is 0 Å². The minimum absolute atomic E-state index is 0.00270. The van der Waals surface area contributed by atoms with Crippen molar-refractivity contribution in [3.8, 4) is 0 Å². The van der Waals surface area contributed by atoms with Crippen LogP contribution < -0.4 is 5.32 Å². The minimum Gasteiger partial charge on any atom is -0.352 e. The molecule has 0 bridgehead atoms. The number of ketones is 2. The first-order chi connectivity index (χ1) is 9.99. The number of carbonyl (C=O) groups is 3. The van der Waals surface area contributed by atoms with Crippen LogP contribution in [0.2, 0.25) is 0 Å². The quantitative estimate of drug-likeness (QED) is 0.469. The monoisotopic (exact) mass is 287 g/mol. The van der Waals surface area contributed by atoms with Crippen LogP contribution in [0.5, 0.6) is 0 Å². The maximum absolute atomic E-state index is 11.7. The van der Waals surface area contributed by atoms with E-state index >= 15 is 0 Å². The predicted molar refractivity (Wildman–Crippen MR) is 77.2 cm³/mol. The Morgan fingerprint density at radius 1 is 1.19 bits per heavy atom. The van der Waals surface area contributed by atoms with E-state index in [1.54, 1.807) is 18.2 Å². The van der Waals surface area contributed by atoms with E-state index in [-0.39, 0.29) is 17.3 Å². The van der Waals surface area contributed by atoms with Crippen LogP contribution in [0.15, 0.2) is 48.2 Å². The lowest BCUT2D eigenvalue weighted by Gasteiger charge is -2.07. The number of hydrogen-bond donors (Lipinski definition) is 1. The van der Waals surface area contributed by atoms with Gasteiger partial charge in [-0.2, -0.15) is 0 Å². The summed E-state index contributed by atoms with van der Waals surface area (Å²) < 4.78 is 4.92. The molecule has 110 valence electrons. The van der Waals surface area contributed by atoms with Gasteiger partial charge >= 0.3 is 0 Å². The molecule has 1 saturated heterocycles. The van der Waals surface area contributed by atoms with Crippen LogP contribution in [-0.4, -0.2) is 29.7 Å². The summed E-state index contributed by atoms with van der Waals surface area (Å²) in [6.07, 6.45) is 10.1. The van der Waals surface area contributed by atoms with Crippen LogP contribution in [-0.2, 0) is 19.1 Å². The topological polar surface area (TPSA) is 75.8 Å². The maximum atomic E-state index is 11.7. The van der Waals surface area contributed by atoms with Gasteiger partial charge in [-0.25, -0.2) is 0 Å². The van der Waals surface area contributed by atoms with E-state index in [9.17, 15) is 14.4 Å².